The summed E-state index contributed by atoms with van der Waals surface area (Å²) in [5, 5.41) is 4.25. The molecular formula is C14H27N5O. The van der Waals surface area contributed by atoms with Crippen molar-refractivity contribution < 1.29 is 4.74 Å². The molecule has 1 fully saturated rings. The van der Waals surface area contributed by atoms with Crippen LogP contribution in [-0.4, -0.2) is 58.1 Å². The minimum atomic E-state index is -0.0190. The van der Waals surface area contributed by atoms with E-state index >= 15 is 0 Å². The lowest BCUT2D eigenvalue weighted by Gasteiger charge is -2.35. The van der Waals surface area contributed by atoms with E-state index in [9.17, 15) is 0 Å². The molecule has 1 saturated heterocycles. The van der Waals surface area contributed by atoms with Crippen molar-refractivity contribution in [2.45, 2.75) is 51.8 Å². The number of nitrogens with zero attached hydrogens (tertiary/aromatic N) is 4. The molecule has 0 aromatic carbocycles. The molecule has 6 nitrogen and oxygen atoms in total. The smallest absolute Gasteiger partial charge is 0.138 e. The van der Waals surface area contributed by atoms with Crippen molar-refractivity contribution in [3.05, 3.63) is 12.2 Å². The number of ether oxygens (including phenoxy) is 1. The average molecular weight is 281 g/mol. The number of aryl methyl sites for hydroxylation is 1. The highest BCUT2D eigenvalue weighted by Crippen LogP contribution is 2.11. The molecule has 2 rings (SSSR count). The van der Waals surface area contributed by atoms with Gasteiger partial charge < -0.3 is 10.5 Å². The second kappa shape index (κ2) is 7.71. The highest BCUT2D eigenvalue weighted by Gasteiger charge is 2.26. The van der Waals surface area contributed by atoms with Crippen molar-refractivity contribution in [2.24, 2.45) is 5.73 Å². The highest BCUT2D eigenvalue weighted by molar-refractivity contribution is 4.93. The molecule has 1 aromatic heterocycles. The predicted octanol–water partition coefficient (Wildman–Crippen LogP) is 0.669. The van der Waals surface area contributed by atoms with E-state index < -0.39 is 0 Å². The van der Waals surface area contributed by atoms with Crippen LogP contribution in [0.15, 0.2) is 6.33 Å². The van der Waals surface area contributed by atoms with Crippen LogP contribution >= 0.6 is 0 Å². The summed E-state index contributed by atoms with van der Waals surface area (Å²) in [6, 6.07) is -0.0190. The Hall–Kier alpha value is -0.980. The quantitative estimate of drug-likeness (QED) is 0.795. The van der Waals surface area contributed by atoms with Crippen LogP contribution in [0.3, 0.4) is 0 Å². The van der Waals surface area contributed by atoms with Crippen molar-refractivity contribution in [2.75, 3.05) is 26.2 Å². The van der Waals surface area contributed by atoms with Gasteiger partial charge in [0.25, 0.3) is 0 Å². The predicted molar refractivity (Wildman–Crippen MR) is 78.5 cm³/mol. The van der Waals surface area contributed by atoms with E-state index in [-0.39, 0.29) is 12.1 Å². The maximum absolute atomic E-state index is 6.33. The molecule has 1 aliphatic heterocycles. The maximum atomic E-state index is 6.33. The fraction of sp³-hybridized carbons (Fsp3) is 0.857. The Labute approximate surface area is 121 Å². The Kier molecular flexibility index (Phi) is 5.94. The molecule has 1 aromatic rings. The summed E-state index contributed by atoms with van der Waals surface area (Å²) in [4.78, 5) is 6.76. The molecule has 0 spiro atoms. The fourth-order valence-corrected chi connectivity index (χ4v) is 2.70. The standard InChI is InChI=1S/C14H27N5O/c1-3-5-18-7-8-20-13(10-18)12(15)9-14-16-11-17-19(14)6-4-2/h11-13H,3-10,15H2,1-2H3. The molecule has 0 saturated carbocycles. The molecule has 1 aliphatic rings. The first-order chi connectivity index (χ1) is 9.74. The Morgan fingerprint density at radius 3 is 2.95 bits per heavy atom. The third-order valence-electron chi connectivity index (χ3n) is 3.74. The van der Waals surface area contributed by atoms with Crippen LogP contribution in [0.5, 0.6) is 0 Å². The van der Waals surface area contributed by atoms with Crippen molar-refractivity contribution in [3.8, 4) is 0 Å². The van der Waals surface area contributed by atoms with Crippen LogP contribution in [0.4, 0.5) is 0 Å². The van der Waals surface area contributed by atoms with E-state index in [2.05, 4.69) is 28.8 Å². The van der Waals surface area contributed by atoms with Crippen molar-refractivity contribution in [1.82, 2.24) is 19.7 Å². The maximum Gasteiger partial charge on any atom is 0.138 e. The van der Waals surface area contributed by atoms with Gasteiger partial charge in [-0.1, -0.05) is 13.8 Å². The van der Waals surface area contributed by atoms with Crippen LogP contribution < -0.4 is 5.73 Å². The van der Waals surface area contributed by atoms with Gasteiger partial charge in [0.2, 0.25) is 0 Å². The minimum Gasteiger partial charge on any atom is -0.374 e. The highest BCUT2D eigenvalue weighted by atomic mass is 16.5. The zero-order valence-corrected chi connectivity index (χ0v) is 12.7. The van der Waals surface area contributed by atoms with Gasteiger partial charge in [0.15, 0.2) is 0 Å². The average Bonchev–Trinajstić information content (AvgIpc) is 2.87. The molecule has 114 valence electrons. The molecule has 0 aliphatic carbocycles. The van der Waals surface area contributed by atoms with Gasteiger partial charge in [-0.25, -0.2) is 4.98 Å². The molecule has 2 N–H and O–H groups in total. The Bertz CT molecular complexity index is 393. The van der Waals surface area contributed by atoms with Gasteiger partial charge in [0, 0.05) is 32.1 Å². The van der Waals surface area contributed by atoms with Gasteiger partial charge >= 0.3 is 0 Å². The van der Waals surface area contributed by atoms with E-state index in [1.165, 1.54) is 6.42 Å². The zero-order chi connectivity index (χ0) is 14.4. The summed E-state index contributed by atoms with van der Waals surface area (Å²) in [6.07, 6.45) is 4.66. The third-order valence-corrected chi connectivity index (χ3v) is 3.74. The molecule has 2 atom stereocenters. The van der Waals surface area contributed by atoms with Gasteiger partial charge in [-0.15, -0.1) is 0 Å². The summed E-state index contributed by atoms with van der Waals surface area (Å²) in [7, 11) is 0. The lowest BCUT2D eigenvalue weighted by molar-refractivity contribution is -0.0404. The van der Waals surface area contributed by atoms with Crippen LogP contribution in [0.2, 0.25) is 0 Å². The molecule has 0 bridgehead atoms. The molecule has 6 heteroatoms. The SMILES string of the molecule is CCCN1CCOC(C(N)Cc2ncnn2CCC)C1. The van der Waals surface area contributed by atoms with Gasteiger partial charge in [-0.05, 0) is 19.4 Å². The Morgan fingerprint density at radius 2 is 2.20 bits per heavy atom. The third kappa shape index (κ3) is 4.01. The van der Waals surface area contributed by atoms with Crippen LogP contribution in [0, 0.1) is 0 Å². The molecule has 0 radical (unpaired) electrons. The molecule has 20 heavy (non-hydrogen) atoms. The van der Waals surface area contributed by atoms with E-state index in [1.807, 2.05) is 4.68 Å². The topological polar surface area (TPSA) is 69.2 Å². The summed E-state index contributed by atoms with van der Waals surface area (Å²) in [5.41, 5.74) is 6.33. The van der Waals surface area contributed by atoms with E-state index in [4.69, 9.17) is 10.5 Å². The minimum absolute atomic E-state index is 0.0190. The summed E-state index contributed by atoms with van der Waals surface area (Å²) in [6.45, 7) is 9.09. The van der Waals surface area contributed by atoms with Gasteiger partial charge in [-0.2, -0.15) is 5.10 Å². The molecule has 2 unspecified atom stereocenters. The van der Waals surface area contributed by atoms with Crippen molar-refractivity contribution >= 4 is 0 Å². The van der Waals surface area contributed by atoms with Crippen LogP contribution in [-0.2, 0) is 17.7 Å². The lowest BCUT2D eigenvalue weighted by Crippen LogP contribution is -2.51. The number of aromatic nitrogens is 3. The summed E-state index contributed by atoms with van der Waals surface area (Å²) < 4.78 is 7.79. The lowest BCUT2D eigenvalue weighted by atomic mass is 10.1. The first-order valence-corrected chi connectivity index (χ1v) is 7.70. The Balaban J connectivity index is 1.90. The van der Waals surface area contributed by atoms with Crippen LogP contribution in [0.1, 0.15) is 32.5 Å². The van der Waals surface area contributed by atoms with Crippen LogP contribution in [0.25, 0.3) is 0 Å². The fourth-order valence-electron chi connectivity index (χ4n) is 2.70. The monoisotopic (exact) mass is 281 g/mol. The number of nitrogens with two attached hydrogens (primary N) is 1. The second-order valence-corrected chi connectivity index (χ2v) is 5.48. The van der Waals surface area contributed by atoms with Gasteiger partial charge in [0.1, 0.15) is 12.2 Å². The number of hydrogen-bond donors (Lipinski definition) is 1. The van der Waals surface area contributed by atoms with E-state index in [1.54, 1.807) is 6.33 Å². The van der Waals surface area contributed by atoms with Gasteiger partial charge in [0.05, 0.1) is 12.7 Å². The largest absolute Gasteiger partial charge is 0.374 e. The Morgan fingerprint density at radius 1 is 1.40 bits per heavy atom. The number of rotatable bonds is 7. The molecule has 0 amide bonds. The van der Waals surface area contributed by atoms with Crippen molar-refractivity contribution in [1.29, 1.82) is 0 Å². The summed E-state index contributed by atoms with van der Waals surface area (Å²) in [5.74, 6) is 0.968. The zero-order valence-electron chi connectivity index (χ0n) is 12.7. The van der Waals surface area contributed by atoms with E-state index in [0.29, 0.717) is 0 Å². The normalized spacial score (nSPS) is 22.1. The molecular weight excluding hydrogens is 254 g/mol. The summed E-state index contributed by atoms with van der Waals surface area (Å²) >= 11 is 0. The number of hydrogen-bond acceptors (Lipinski definition) is 5. The van der Waals surface area contributed by atoms with Crippen molar-refractivity contribution in [3.63, 3.8) is 0 Å². The number of morpholine rings is 1. The first-order valence-electron chi connectivity index (χ1n) is 7.70. The first kappa shape index (κ1) is 15.4. The molecule has 2 heterocycles. The second-order valence-electron chi connectivity index (χ2n) is 5.48. The van der Waals surface area contributed by atoms with E-state index in [0.717, 1.165) is 51.5 Å². The van der Waals surface area contributed by atoms with Gasteiger partial charge in [-0.3, -0.25) is 9.58 Å².